The molecule has 6 heteroatoms. The van der Waals surface area contributed by atoms with E-state index < -0.39 is 0 Å². The Labute approximate surface area is 159 Å². The van der Waals surface area contributed by atoms with E-state index in [0.717, 1.165) is 0 Å². The van der Waals surface area contributed by atoms with Crippen molar-refractivity contribution in [3.63, 3.8) is 0 Å². The van der Waals surface area contributed by atoms with Gasteiger partial charge in [-0.05, 0) is 30.7 Å². The quantitative estimate of drug-likeness (QED) is 0.747. The molecule has 0 heterocycles. The van der Waals surface area contributed by atoms with Crippen LogP contribution in [0.1, 0.15) is 18.4 Å². The summed E-state index contributed by atoms with van der Waals surface area (Å²) in [6, 6.07) is 17.1. The smallest absolute Gasteiger partial charge is 0.238 e. The van der Waals surface area contributed by atoms with Gasteiger partial charge in [0.1, 0.15) is 0 Å². The number of amides is 2. The first kappa shape index (κ1) is 19.9. The molecule has 0 aromatic heterocycles. The Balaban J connectivity index is 1.73. The molecule has 0 saturated heterocycles. The van der Waals surface area contributed by atoms with Crippen molar-refractivity contribution in [2.45, 2.75) is 12.8 Å². The van der Waals surface area contributed by atoms with Crippen LogP contribution in [0.2, 0.25) is 5.02 Å². The number of anilines is 1. The Morgan fingerprint density at radius 1 is 1.00 bits per heavy atom. The van der Waals surface area contributed by atoms with Crippen LogP contribution in [-0.2, 0) is 9.59 Å². The second-order valence-electron chi connectivity index (χ2n) is 6.32. The first-order chi connectivity index (χ1) is 12.5. The monoisotopic (exact) mass is 373 g/mol. The maximum absolute atomic E-state index is 12.1. The van der Waals surface area contributed by atoms with Gasteiger partial charge in [-0.25, -0.2) is 0 Å². The number of nitrogens with zero attached hydrogens (tertiary/aromatic N) is 1. The highest BCUT2D eigenvalue weighted by Crippen LogP contribution is 2.20. The molecule has 0 aliphatic carbocycles. The lowest BCUT2D eigenvalue weighted by Gasteiger charge is -2.18. The molecular weight excluding hydrogens is 350 g/mol. The summed E-state index contributed by atoms with van der Waals surface area (Å²) in [5.74, 6) is -0.0964. The van der Waals surface area contributed by atoms with Crippen LogP contribution in [-0.4, -0.2) is 43.4 Å². The third-order valence-electron chi connectivity index (χ3n) is 3.95. The van der Waals surface area contributed by atoms with Crippen LogP contribution in [0, 0.1) is 0 Å². The molecule has 0 aliphatic rings. The van der Waals surface area contributed by atoms with E-state index in [1.165, 1.54) is 5.56 Å². The summed E-state index contributed by atoms with van der Waals surface area (Å²) >= 11 is 6.02. The lowest BCUT2D eigenvalue weighted by molar-refractivity contribution is -0.123. The maximum atomic E-state index is 12.1. The van der Waals surface area contributed by atoms with Crippen LogP contribution in [0.3, 0.4) is 0 Å². The second-order valence-corrected chi connectivity index (χ2v) is 6.72. The number of nitrogens with one attached hydrogen (secondary N) is 2. The van der Waals surface area contributed by atoms with Crippen molar-refractivity contribution in [3.05, 3.63) is 65.2 Å². The fourth-order valence-corrected chi connectivity index (χ4v) is 2.70. The van der Waals surface area contributed by atoms with Gasteiger partial charge in [0.15, 0.2) is 0 Å². The second kappa shape index (κ2) is 9.94. The number of hydrogen-bond donors (Lipinski definition) is 2. The zero-order chi connectivity index (χ0) is 18.9. The molecule has 0 saturated carbocycles. The van der Waals surface area contributed by atoms with E-state index in [1.807, 2.05) is 30.3 Å². The molecular formula is C20H24ClN3O2. The molecule has 0 spiro atoms. The summed E-state index contributed by atoms with van der Waals surface area (Å²) in [5, 5.41) is 6.13. The van der Waals surface area contributed by atoms with Crippen molar-refractivity contribution in [2.75, 3.05) is 32.0 Å². The largest absolute Gasteiger partial charge is 0.354 e. The van der Waals surface area contributed by atoms with Gasteiger partial charge in [0.2, 0.25) is 11.8 Å². The van der Waals surface area contributed by atoms with E-state index in [2.05, 4.69) is 17.6 Å². The number of hydrogen-bond acceptors (Lipinski definition) is 3. The number of rotatable bonds is 8. The first-order valence-corrected chi connectivity index (χ1v) is 8.88. The third-order valence-corrected chi connectivity index (χ3v) is 4.28. The molecule has 2 rings (SSSR count). The average molecular weight is 374 g/mol. The fraction of sp³-hybridized carbons (Fsp3) is 0.300. The standard InChI is InChI=1S/C20H24ClN3O2/c1-15(16-8-4-3-5-9-16)12-22-19(25)13-24(2)14-20(26)23-18-11-7-6-10-17(18)21/h3-11,15H,12-14H2,1-2H3,(H,22,25)(H,23,26)/t15-/m0/s1. The highest BCUT2D eigenvalue weighted by Gasteiger charge is 2.13. The zero-order valence-electron chi connectivity index (χ0n) is 15.0. The molecule has 0 radical (unpaired) electrons. The van der Waals surface area contributed by atoms with Gasteiger partial charge in [-0.15, -0.1) is 0 Å². The summed E-state index contributed by atoms with van der Waals surface area (Å²) in [6.07, 6.45) is 0. The van der Waals surface area contributed by atoms with Crippen LogP contribution in [0.4, 0.5) is 5.69 Å². The summed E-state index contributed by atoms with van der Waals surface area (Å²) < 4.78 is 0. The van der Waals surface area contributed by atoms with Crippen LogP contribution < -0.4 is 10.6 Å². The molecule has 5 nitrogen and oxygen atoms in total. The molecule has 2 aromatic carbocycles. The lowest BCUT2D eigenvalue weighted by atomic mass is 10.0. The van der Waals surface area contributed by atoms with Crippen molar-refractivity contribution < 1.29 is 9.59 Å². The molecule has 138 valence electrons. The summed E-state index contributed by atoms with van der Waals surface area (Å²) in [5.41, 5.74) is 1.74. The Morgan fingerprint density at radius 3 is 2.31 bits per heavy atom. The van der Waals surface area contributed by atoms with Gasteiger partial charge in [-0.3, -0.25) is 14.5 Å². The van der Waals surface area contributed by atoms with Crippen LogP contribution in [0.25, 0.3) is 0 Å². The van der Waals surface area contributed by atoms with E-state index in [0.29, 0.717) is 17.3 Å². The SMILES string of the molecule is C[C@@H](CNC(=O)CN(C)CC(=O)Nc1ccccc1Cl)c1ccccc1. The number of halogens is 1. The minimum atomic E-state index is -0.217. The van der Waals surface area contributed by atoms with Crippen molar-refractivity contribution in [3.8, 4) is 0 Å². The van der Waals surface area contributed by atoms with E-state index in [9.17, 15) is 9.59 Å². The van der Waals surface area contributed by atoms with Crippen molar-refractivity contribution in [1.29, 1.82) is 0 Å². The van der Waals surface area contributed by atoms with Crippen molar-refractivity contribution in [2.24, 2.45) is 0 Å². The number of para-hydroxylation sites is 1. The summed E-state index contributed by atoms with van der Waals surface area (Å²) in [6.45, 7) is 2.88. The molecule has 0 unspecified atom stereocenters. The number of benzene rings is 2. The van der Waals surface area contributed by atoms with E-state index in [-0.39, 0.29) is 30.8 Å². The minimum Gasteiger partial charge on any atom is -0.354 e. The lowest BCUT2D eigenvalue weighted by Crippen LogP contribution is -2.39. The van der Waals surface area contributed by atoms with Gasteiger partial charge >= 0.3 is 0 Å². The number of carbonyl (C=O) groups excluding carboxylic acids is 2. The fourth-order valence-electron chi connectivity index (χ4n) is 2.52. The zero-order valence-corrected chi connectivity index (χ0v) is 15.8. The highest BCUT2D eigenvalue weighted by atomic mass is 35.5. The van der Waals surface area contributed by atoms with Crippen molar-refractivity contribution in [1.82, 2.24) is 10.2 Å². The van der Waals surface area contributed by atoms with Crippen LogP contribution >= 0.6 is 11.6 Å². The Kier molecular flexibility index (Phi) is 7.63. The molecule has 0 aliphatic heterocycles. The average Bonchev–Trinajstić information content (AvgIpc) is 2.62. The Bertz CT molecular complexity index is 737. The normalized spacial score (nSPS) is 11.8. The minimum absolute atomic E-state index is 0.104. The number of likely N-dealkylation sites (N-methyl/N-ethyl adjacent to an activating group) is 1. The van der Waals surface area contributed by atoms with E-state index >= 15 is 0 Å². The number of carbonyl (C=O) groups is 2. The van der Waals surface area contributed by atoms with Gasteiger partial charge in [0.05, 0.1) is 23.8 Å². The van der Waals surface area contributed by atoms with Gasteiger partial charge in [0, 0.05) is 6.54 Å². The van der Waals surface area contributed by atoms with Crippen LogP contribution in [0.15, 0.2) is 54.6 Å². The molecule has 2 amide bonds. The molecule has 26 heavy (non-hydrogen) atoms. The van der Waals surface area contributed by atoms with Gasteiger partial charge in [0.25, 0.3) is 0 Å². The summed E-state index contributed by atoms with van der Waals surface area (Å²) in [4.78, 5) is 25.8. The first-order valence-electron chi connectivity index (χ1n) is 8.50. The third kappa shape index (κ3) is 6.50. The predicted molar refractivity (Wildman–Crippen MR) is 105 cm³/mol. The highest BCUT2D eigenvalue weighted by molar-refractivity contribution is 6.33. The van der Waals surface area contributed by atoms with Gasteiger partial charge in [-0.2, -0.15) is 0 Å². The van der Waals surface area contributed by atoms with E-state index in [4.69, 9.17) is 11.6 Å². The Morgan fingerprint density at radius 2 is 1.62 bits per heavy atom. The Hall–Kier alpha value is -2.37. The molecule has 2 N–H and O–H groups in total. The molecule has 0 fully saturated rings. The van der Waals surface area contributed by atoms with Gasteiger partial charge < -0.3 is 10.6 Å². The van der Waals surface area contributed by atoms with Crippen LogP contribution in [0.5, 0.6) is 0 Å². The topological polar surface area (TPSA) is 61.4 Å². The molecule has 0 bridgehead atoms. The van der Waals surface area contributed by atoms with E-state index in [1.54, 1.807) is 36.2 Å². The van der Waals surface area contributed by atoms with Crippen molar-refractivity contribution >= 4 is 29.1 Å². The molecule has 2 aromatic rings. The maximum Gasteiger partial charge on any atom is 0.238 e. The predicted octanol–water partition coefficient (Wildman–Crippen LogP) is 3.13. The van der Waals surface area contributed by atoms with Gasteiger partial charge in [-0.1, -0.05) is 61.0 Å². The molecule has 1 atom stereocenters. The summed E-state index contributed by atoms with van der Waals surface area (Å²) in [7, 11) is 1.73.